The molecule has 1 amide bonds. The van der Waals surface area contributed by atoms with Gasteiger partial charge in [-0.15, -0.1) is 0 Å². The Labute approximate surface area is 150 Å². The number of anilines is 1. The number of nitrogens with one attached hydrogen (secondary N) is 1. The van der Waals surface area contributed by atoms with Gasteiger partial charge >= 0.3 is 6.09 Å². The number of hydrogen-bond acceptors (Lipinski definition) is 7. The molecule has 0 spiro atoms. The first-order valence-electron chi connectivity index (χ1n) is 8.19. The summed E-state index contributed by atoms with van der Waals surface area (Å²) in [4.78, 5) is 24.6. The number of rotatable bonds is 4. The van der Waals surface area contributed by atoms with Crippen LogP contribution in [-0.4, -0.2) is 43.0 Å². The molecule has 0 fully saturated rings. The lowest BCUT2D eigenvalue weighted by molar-refractivity contribution is 0.0525. The van der Waals surface area contributed by atoms with Gasteiger partial charge in [-0.25, -0.2) is 14.8 Å². The molecule has 0 bridgehead atoms. The highest BCUT2D eigenvalue weighted by Gasteiger charge is 2.15. The molecular weight excluding hydrogens is 334 g/mol. The lowest BCUT2D eigenvalue weighted by atomic mass is 10.2. The second kappa shape index (κ2) is 6.95. The van der Waals surface area contributed by atoms with Crippen molar-refractivity contribution in [3.05, 3.63) is 30.7 Å². The van der Waals surface area contributed by atoms with Crippen molar-refractivity contribution in [2.75, 3.05) is 12.3 Å². The molecule has 0 aliphatic carbocycles. The van der Waals surface area contributed by atoms with Gasteiger partial charge in [0.15, 0.2) is 5.65 Å². The van der Waals surface area contributed by atoms with Gasteiger partial charge in [-0.05, 0) is 32.9 Å². The van der Waals surface area contributed by atoms with Crippen LogP contribution in [0.3, 0.4) is 0 Å². The van der Waals surface area contributed by atoms with Gasteiger partial charge in [0.1, 0.15) is 16.9 Å². The van der Waals surface area contributed by atoms with Crippen molar-refractivity contribution in [3.8, 4) is 11.3 Å². The molecule has 9 nitrogen and oxygen atoms in total. The summed E-state index contributed by atoms with van der Waals surface area (Å²) < 4.78 is 6.90. The Hall–Kier alpha value is -3.23. The molecule has 0 atom stereocenters. The molecule has 136 valence electrons. The van der Waals surface area contributed by atoms with E-state index in [-0.39, 0.29) is 0 Å². The molecule has 3 aromatic rings. The molecule has 0 unspecified atom stereocenters. The lowest BCUT2D eigenvalue weighted by Crippen LogP contribution is -2.34. The van der Waals surface area contributed by atoms with Crippen LogP contribution in [0.5, 0.6) is 0 Å². The van der Waals surface area contributed by atoms with Crippen LogP contribution in [0.25, 0.3) is 22.4 Å². The van der Waals surface area contributed by atoms with Crippen LogP contribution in [0.1, 0.15) is 20.8 Å². The summed E-state index contributed by atoms with van der Waals surface area (Å²) in [5, 5.41) is 6.97. The maximum Gasteiger partial charge on any atom is 0.407 e. The number of ether oxygens (including phenoxy) is 1. The van der Waals surface area contributed by atoms with Crippen molar-refractivity contribution in [2.24, 2.45) is 0 Å². The van der Waals surface area contributed by atoms with Gasteiger partial charge in [0.25, 0.3) is 0 Å². The number of carbonyl (C=O) groups is 1. The van der Waals surface area contributed by atoms with E-state index in [9.17, 15) is 4.79 Å². The van der Waals surface area contributed by atoms with Crippen LogP contribution >= 0.6 is 0 Å². The Morgan fingerprint density at radius 3 is 2.85 bits per heavy atom. The van der Waals surface area contributed by atoms with E-state index in [4.69, 9.17) is 10.5 Å². The zero-order valence-corrected chi connectivity index (χ0v) is 14.9. The molecule has 3 rings (SSSR count). The minimum Gasteiger partial charge on any atom is -0.444 e. The Kier molecular flexibility index (Phi) is 4.70. The van der Waals surface area contributed by atoms with Crippen molar-refractivity contribution in [1.82, 2.24) is 30.0 Å². The highest BCUT2D eigenvalue weighted by molar-refractivity contribution is 5.74. The number of pyridine rings is 1. The molecule has 3 aromatic heterocycles. The second-order valence-corrected chi connectivity index (χ2v) is 6.75. The van der Waals surface area contributed by atoms with E-state index in [0.29, 0.717) is 35.8 Å². The van der Waals surface area contributed by atoms with E-state index >= 15 is 0 Å². The Balaban J connectivity index is 1.64. The highest BCUT2D eigenvalue weighted by atomic mass is 16.6. The number of nitrogens with two attached hydrogens (primary N) is 1. The topological polar surface area (TPSA) is 121 Å². The van der Waals surface area contributed by atoms with E-state index < -0.39 is 11.7 Å². The first-order chi connectivity index (χ1) is 12.3. The van der Waals surface area contributed by atoms with Crippen LogP contribution in [0.15, 0.2) is 30.7 Å². The first-order valence-corrected chi connectivity index (χ1v) is 8.19. The van der Waals surface area contributed by atoms with Crippen LogP contribution < -0.4 is 11.1 Å². The average Bonchev–Trinajstić information content (AvgIpc) is 3.01. The smallest absolute Gasteiger partial charge is 0.407 e. The second-order valence-electron chi connectivity index (χ2n) is 6.75. The minimum absolute atomic E-state index is 0.396. The normalized spacial score (nSPS) is 11.5. The SMILES string of the molecule is CC(C)(C)OC(=O)NCCn1cc(-c2cnc3ccc(N)nc3n2)cn1. The third-order valence-electron chi connectivity index (χ3n) is 3.37. The minimum atomic E-state index is -0.519. The fraction of sp³-hybridized carbons (Fsp3) is 0.353. The van der Waals surface area contributed by atoms with Crippen molar-refractivity contribution < 1.29 is 9.53 Å². The number of nitrogens with zero attached hydrogens (tertiary/aromatic N) is 5. The van der Waals surface area contributed by atoms with Crippen LogP contribution in [0, 0.1) is 0 Å². The molecule has 3 heterocycles. The Morgan fingerprint density at radius 2 is 2.08 bits per heavy atom. The fourth-order valence-corrected chi connectivity index (χ4v) is 2.26. The van der Waals surface area contributed by atoms with E-state index in [2.05, 4.69) is 25.4 Å². The quantitative estimate of drug-likeness (QED) is 0.734. The van der Waals surface area contributed by atoms with Crippen molar-refractivity contribution in [2.45, 2.75) is 32.9 Å². The number of aromatic nitrogens is 5. The van der Waals surface area contributed by atoms with Gasteiger partial charge in [-0.2, -0.15) is 5.10 Å². The summed E-state index contributed by atoms with van der Waals surface area (Å²) in [5.74, 6) is 0.396. The van der Waals surface area contributed by atoms with Gasteiger partial charge in [0, 0.05) is 18.3 Å². The van der Waals surface area contributed by atoms with Crippen LogP contribution in [0.2, 0.25) is 0 Å². The molecule has 0 saturated heterocycles. The zero-order valence-electron chi connectivity index (χ0n) is 14.9. The van der Waals surface area contributed by atoms with E-state index in [1.54, 1.807) is 29.2 Å². The number of fused-ring (bicyclic) bond motifs is 1. The van der Waals surface area contributed by atoms with Gasteiger partial charge in [-0.3, -0.25) is 9.67 Å². The summed E-state index contributed by atoms with van der Waals surface area (Å²) >= 11 is 0. The standard InChI is InChI=1S/C17H21N7O2/c1-17(2,3)26-16(25)19-6-7-24-10-11(8-21-24)13-9-20-12-4-5-14(18)23-15(12)22-13/h4-5,8-10H,6-7H2,1-3H3,(H,19,25)(H2,18,22,23). The third kappa shape index (κ3) is 4.44. The molecule has 0 aliphatic rings. The fourth-order valence-electron chi connectivity index (χ4n) is 2.26. The predicted molar refractivity (Wildman–Crippen MR) is 97.2 cm³/mol. The number of carbonyl (C=O) groups excluding carboxylic acids is 1. The maximum atomic E-state index is 11.6. The number of alkyl carbamates (subject to hydrolysis) is 1. The first kappa shape index (κ1) is 17.6. The molecule has 9 heteroatoms. The molecule has 3 N–H and O–H groups in total. The number of hydrogen-bond donors (Lipinski definition) is 2. The van der Waals surface area contributed by atoms with Crippen molar-refractivity contribution in [1.29, 1.82) is 0 Å². The molecule has 26 heavy (non-hydrogen) atoms. The van der Waals surface area contributed by atoms with Gasteiger partial charge < -0.3 is 15.8 Å². The largest absolute Gasteiger partial charge is 0.444 e. The summed E-state index contributed by atoms with van der Waals surface area (Å²) in [6.45, 7) is 6.36. The average molecular weight is 355 g/mol. The zero-order chi connectivity index (χ0) is 18.7. The molecule has 0 radical (unpaired) electrons. The molecule has 0 aliphatic heterocycles. The molecule has 0 saturated carbocycles. The van der Waals surface area contributed by atoms with E-state index in [0.717, 1.165) is 5.56 Å². The predicted octanol–water partition coefficient (Wildman–Crippen LogP) is 2.00. The van der Waals surface area contributed by atoms with Crippen molar-refractivity contribution in [3.63, 3.8) is 0 Å². The highest BCUT2D eigenvalue weighted by Crippen LogP contribution is 2.18. The summed E-state index contributed by atoms with van der Waals surface area (Å²) in [7, 11) is 0. The van der Waals surface area contributed by atoms with Gasteiger partial charge in [0.2, 0.25) is 0 Å². The monoisotopic (exact) mass is 355 g/mol. The maximum absolute atomic E-state index is 11.6. The van der Waals surface area contributed by atoms with Gasteiger partial charge in [-0.1, -0.05) is 0 Å². The van der Waals surface area contributed by atoms with Crippen molar-refractivity contribution >= 4 is 23.1 Å². The van der Waals surface area contributed by atoms with Crippen LogP contribution in [0.4, 0.5) is 10.6 Å². The third-order valence-corrected chi connectivity index (χ3v) is 3.37. The number of amides is 1. The molecule has 0 aromatic carbocycles. The molecular formula is C17H21N7O2. The Bertz CT molecular complexity index is 930. The van der Waals surface area contributed by atoms with E-state index in [1.807, 2.05) is 27.0 Å². The van der Waals surface area contributed by atoms with Crippen LogP contribution in [-0.2, 0) is 11.3 Å². The Morgan fingerprint density at radius 1 is 1.27 bits per heavy atom. The lowest BCUT2D eigenvalue weighted by Gasteiger charge is -2.19. The van der Waals surface area contributed by atoms with E-state index in [1.165, 1.54) is 0 Å². The summed E-state index contributed by atoms with van der Waals surface area (Å²) in [6, 6.07) is 3.46. The number of nitrogen functional groups attached to an aromatic ring is 1. The summed E-state index contributed by atoms with van der Waals surface area (Å²) in [6.07, 6.45) is 4.74. The summed E-state index contributed by atoms with van der Waals surface area (Å²) in [5.41, 5.74) is 7.80. The van der Waals surface area contributed by atoms with Gasteiger partial charge in [0.05, 0.1) is 24.6 Å².